The predicted octanol–water partition coefficient (Wildman–Crippen LogP) is 5.10. The van der Waals surface area contributed by atoms with Crippen molar-refractivity contribution in [3.05, 3.63) is 54.1 Å². The molecule has 0 unspecified atom stereocenters. The zero-order chi connectivity index (χ0) is 22.2. The molecule has 1 rings (SSSR count). The minimum atomic E-state index is -0.0372. The third-order valence-corrected chi connectivity index (χ3v) is 3.98. The summed E-state index contributed by atoms with van der Waals surface area (Å²) < 4.78 is 0. The van der Waals surface area contributed by atoms with Crippen LogP contribution in [0.3, 0.4) is 0 Å². The molecule has 0 atom stereocenters. The molecule has 0 bridgehead atoms. The first-order valence-corrected chi connectivity index (χ1v) is 10.4. The monoisotopic (exact) mass is 398 g/mol. The Balaban J connectivity index is 0.00000379. The highest BCUT2D eigenvalue weighted by molar-refractivity contribution is 6.47. The van der Waals surface area contributed by atoms with Crippen LogP contribution in [0.15, 0.2) is 53.1 Å². The van der Waals surface area contributed by atoms with Gasteiger partial charge in [0, 0.05) is 20.5 Å². The summed E-state index contributed by atoms with van der Waals surface area (Å²) in [5, 5.41) is 9.27. The molecular weight excluding hydrogens is 360 g/mol. The minimum absolute atomic E-state index is 0.0372. The van der Waals surface area contributed by atoms with Crippen molar-refractivity contribution >= 4 is 23.0 Å². The molecule has 1 N–H and O–H groups in total. The summed E-state index contributed by atoms with van der Waals surface area (Å²) in [4.78, 5) is 15.7. The lowest BCUT2D eigenvalue weighted by Gasteiger charge is -2.16. The second-order valence-electron chi connectivity index (χ2n) is 6.26. The Morgan fingerprint density at radius 3 is 2.52 bits per heavy atom. The van der Waals surface area contributed by atoms with Crippen molar-refractivity contribution in [2.45, 2.75) is 54.4 Å². The maximum atomic E-state index is 11.0. The van der Waals surface area contributed by atoms with Crippen LogP contribution in [0.25, 0.3) is 5.70 Å². The number of aliphatic imine (C=N–C) groups is 1. The number of aryl methyl sites for hydroxylation is 1. The van der Waals surface area contributed by atoms with Crippen molar-refractivity contribution in [3.63, 3.8) is 0 Å². The van der Waals surface area contributed by atoms with Gasteiger partial charge in [0.05, 0.1) is 23.7 Å². The van der Waals surface area contributed by atoms with Gasteiger partial charge in [-0.1, -0.05) is 58.5 Å². The zero-order valence-electron chi connectivity index (χ0n) is 19.2. The van der Waals surface area contributed by atoms with Gasteiger partial charge in [0.15, 0.2) is 0 Å². The second-order valence-corrected chi connectivity index (χ2v) is 6.26. The Kier molecular flexibility index (Phi) is 13.8. The van der Waals surface area contributed by atoms with Crippen molar-refractivity contribution in [1.82, 2.24) is 10.3 Å². The van der Waals surface area contributed by atoms with Gasteiger partial charge in [0.1, 0.15) is 0 Å². The molecule has 0 spiro atoms. The molecule has 0 saturated carbocycles. The molecule has 0 aliphatic carbocycles. The minimum Gasteiger partial charge on any atom is -0.355 e. The fourth-order valence-electron chi connectivity index (χ4n) is 2.49. The van der Waals surface area contributed by atoms with E-state index in [1.807, 2.05) is 57.1 Å². The quantitative estimate of drug-likeness (QED) is 0.440. The van der Waals surface area contributed by atoms with Crippen LogP contribution in [0.1, 0.15) is 59.1 Å². The maximum absolute atomic E-state index is 11.0. The van der Waals surface area contributed by atoms with E-state index in [-0.39, 0.29) is 5.91 Å². The Hall–Kier alpha value is -2.69. The molecule has 0 radical (unpaired) electrons. The van der Waals surface area contributed by atoms with Crippen molar-refractivity contribution in [2.24, 2.45) is 10.1 Å². The fourth-order valence-corrected chi connectivity index (χ4v) is 2.49. The number of nitrogens with zero attached hydrogens (tertiary/aromatic N) is 3. The second kappa shape index (κ2) is 15.3. The van der Waals surface area contributed by atoms with E-state index in [1.54, 1.807) is 0 Å². The molecule has 5 heteroatoms. The Bertz CT molecular complexity index is 732. The van der Waals surface area contributed by atoms with Gasteiger partial charge in [-0.3, -0.25) is 9.80 Å². The normalized spacial score (nSPS) is 11.7. The largest absolute Gasteiger partial charge is 0.355 e. The number of benzene rings is 1. The molecule has 0 aliphatic heterocycles. The van der Waals surface area contributed by atoms with E-state index < -0.39 is 0 Å². The lowest BCUT2D eigenvalue weighted by atomic mass is 10.1. The smallest absolute Gasteiger partial charge is 0.216 e. The van der Waals surface area contributed by atoms with Gasteiger partial charge in [-0.2, -0.15) is 5.10 Å². The number of hydrazone groups is 1. The number of rotatable bonds is 10. The third-order valence-electron chi connectivity index (χ3n) is 3.98. The van der Waals surface area contributed by atoms with Gasteiger partial charge in [0.25, 0.3) is 0 Å². The molecule has 1 aromatic carbocycles. The number of allylic oxidation sites excluding steroid dienone is 2. The van der Waals surface area contributed by atoms with Crippen LogP contribution in [-0.4, -0.2) is 42.5 Å². The topological polar surface area (TPSA) is 57.1 Å². The van der Waals surface area contributed by atoms with Crippen molar-refractivity contribution < 1.29 is 4.79 Å². The number of hydrogen-bond acceptors (Lipinski definition) is 4. The van der Waals surface area contributed by atoms with E-state index >= 15 is 0 Å². The summed E-state index contributed by atoms with van der Waals surface area (Å²) >= 11 is 0. The highest BCUT2D eigenvalue weighted by Gasteiger charge is 2.08. The Morgan fingerprint density at radius 1 is 1.28 bits per heavy atom. The summed E-state index contributed by atoms with van der Waals surface area (Å²) in [6.07, 6.45) is 5.64. The summed E-state index contributed by atoms with van der Waals surface area (Å²) in [5.74, 6) is -0.0372. The molecule has 29 heavy (non-hydrogen) atoms. The number of likely N-dealkylation sites (N-methyl/N-ethyl adjacent to an activating group) is 1. The van der Waals surface area contributed by atoms with Gasteiger partial charge in [-0.05, 0) is 43.0 Å². The lowest BCUT2D eigenvalue weighted by Crippen LogP contribution is -2.30. The number of nitrogens with one attached hydrogen (secondary N) is 1. The summed E-state index contributed by atoms with van der Waals surface area (Å²) in [6, 6.07) is 8.30. The van der Waals surface area contributed by atoms with Crippen molar-refractivity contribution in [1.29, 1.82) is 0 Å². The molecule has 1 amide bonds. The highest BCUT2D eigenvalue weighted by Crippen LogP contribution is 2.17. The van der Waals surface area contributed by atoms with Crippen LogP contribution in [0.2, 0.25) is 0 Å². The summed E-state index contributed by atoms with van der Waals surface area (Å²) in [5.41, 5.74) is 4.69. The SMILES string of the molecule is C=C(N=C(/C=C\C)/C(CC)=N/N(C)CCNC(C)=O)c1cccc(CC)c1.CC. The summed E-state index contributed by atoms with van der Waals surface area (Å²) in [6.45, 7) is 17.0. The predicted molar refractivity (Wildman–Crippen MR) is 127 cm³/mol. The molecule has 0 aliphatic rings. The zero-order valence-corrected chi connectivity index (χ0v) is 19.2. The lowest BCUT2D eigenvalue weighted by molar-refractivity contribution is -0.118. The molecule has 0 aromatic heterocycles. The van der Waals surface area contributed by atoms with Gasteiger partial charge in [-0.25, -0.2) is 4.99 Å². The Morgan fingerprint density at radius 2 is 1.97 bits per heavy atom. The van der Waals surface area contributed by atoms with E-state index in [2.05, 4.69) is 43.0 Å². The molecule has 160 valence electrons. The molecule has 0 heterocycles. The number of hydrogen-bond donors (Lipinski definition) is 1. The van der Waals surface area contributed by atoms with Crippen LogP contribution in [0.5, 0.6) is 0 Å². The molecular formula is C24H38N4O. The van der Waals surface area contributed by atoms with Crippen LogP contribution in [0, 0.1) is 0 Å². The van der Waals surface area contributed by atoms with Crippen LogP contribution >= 0.6 is 0 Å². The van der Waals surface area contributed by atoms with E-state index in [0.29, 0.717) is 13.1 Å². The van der Waals surface area contributed by atoms with E-state index in [1.165, 1.54) is 12.5 Å². The third kappa shape index (κ3) is 10.4. The average molecular weight is 399 g/mol. The Labute approximate surface area is 177 Å². The van der Waals surface area contributed by atoms with E-state index in [9.17, 15) is 4.79 Å². The van der Waals surface area contributed by atoms with Gasteiger partial charge in [-0.15, -0.1) is 0 Å². The first-order valence-electron chi connectivity index (χ1n) is 10.4. The fraction of sp³-hybridized carbons (Fsp3) is 0.458. The van der Waals surface area contributed by atoms with Gasteiger partial charge >= 0.3 is 0 Å². The van der Waals surface area contributed by atoms with Crippen LogP contribution in [-0.2, 0) is 11.2 Å². The van der Waals surface area contributed by atoms with Crippen molar-refractivity contribution in [2.75, 3.05) is 20.1 Å². The number of carbonyl (C=O) groups excluding carboxylic acids is 1. The number of amides is 1. The standard InChI is InChI=1S/C22H32N4O.C2H6/c1-7-11-22(21(9-3)25-26(6)15-14-23-18(5)27)24-17(4)20-13-10-12-19(8-2)16-20;1-2/h7,10-13,16H,4,8-9,14-15H2,1-3,5-6H3,(H,23,27);1-2H3/b11-7-,24-22?,25-21+;. The molecule has 5 nitrogen and oxygen atoms in total. The van der Waals surface area contributed by atoms with Gasteiger partial charge in [0.2, 0.25) is 5.91 Å². The van der Waals surface area contributed by atoms with Crippen LogP contribution < -0.4 is 5.32 Å². The van der Waals surface area contributed by atoms with E-state index in [0.717, 1.165) is 35.5 Å². The van der Waals surface area contributed by atoms with Gasteiger partial charge < -0.3 is 5.32 Å². The van der Waals surface area contributed by atoms with Crippen LogP contribution in [0.4, 0.5) is 0 Å². The maximum Gasteiger partial charge on any atom is 0.216 e. The van der Waals surface area contributed by atoms with E-state index in [4.69, 9.17) is 4.99 Å². The molecule has 0 fully saturated rings. The number of carbonyl (C=O) groups is 1. The highest BCUT2D eigenvalue weighted by atomic mass is 16.1. The molecule has 0 saturated heterocycles. The first kappa shape index (κ1) is 26.3. The molecule has 1 aromatic rings. The van der Waals surface area contributed by atoms with Crippen molar-refractivity contribution in [3.8, 4) is 0 Å². The summed E-state index contributed by atoms with van der Waals surface area (Å²) in [7, 11) is 1.89. The first-order chi connectivity index (χ1) is 13.9. The average Bonchev–Trinajstić information content (AvgIpc) is 2.72.